The molecule has 0 saturated heterocycles. The third kappa shape index (κ3) is 5.39. The summed E-state index contributed by atoms with van der Waals surface area (Å²) in [5, 5.41) is 20.5. The molecular formula is C13H18N2O4. The van der Waals surface area contributed by atoms with Crippen LogP contribution < -0.4 is 5.32 Å². The van der Waals surface area contributed by atoms with E-state index in [0.717, 1.165) is 0 Å². The summed E-state index contributed by atoms with van der Waals surface area (Å²) < 4.78 is 0. The zero-order valence-corrected chi connectivity index (χ0v) is 11.0. The van der Waals surface area contributed by atoms with Gasteiger partial charge in [-0.1, -0.05) is 12.1 Å². The third-order valence-electron chi connectivity index (χ3n) is 2.42. The Labute approximate surface area is 111 Å². The van der Waals surface area contributed by atoms with Crippen molar-refractivity contribution in [1.82, 2.24) is 4.90 Å². The number of carbonyl (C=O) groups is 2. The maximum atomic E-state index is 11.8. The molecule has 104 valence electrons. The lowest BCUT2D eigenvalue weighted by atomic mass is 10.1. The maximum Gasteiger partial charge on any atom is 0.321 e. The Morgan fingerprint density at radius 2 is 2.11 bits per heavy atom. The van der Waals surface area contributed by atoms with Gasteiger partial charge in [0.25, 0.3) is 0 Å². The second-order valence-electron chi connectivity index (χ2n) is 4.43. The molecule has 1 unspecified atom stereocenters. The van der Waals surface area contributed by atoms with Gasteiger partial charge in [0.1, 0.15) is 0 Å². The summed E-state index contributed by atoms with van der Waals surface area (Å²) in [7, 11) is 1.57. The predicted octanol–water partition coefficient (Wildman–Crippen LogP) is 1.16. The number of hydrogen-bond acceptors (Lipinski definition) is 3. The second kappa shape index (κ2) is 6.75. The number of likely N-dealkylation sites (N-methyl/N-ethyl adjacent to an activating group) is 1. The highest BCUT2D eigenvalue weighted by atomic mass is 16.4. The number of hydrogen-bond donors (Lipinski definition) is 3. The topological polar surface area (TPSA) is 89.9 Å². The van der Waals surface area contributed by atoms with Crippen molar-refractivity contribution in [1.29, 1.82) is 0 Å². The molecule has 0 spiro atoms. The largest absolute Gasteiger partial charge is 0.481 e. The molecule has 1 aromatic rings. The van der Waals surface area contributed by atoms with Gasteiger partial charge in [-0.15, -0.1) is 0 Å². The van der Waals surface area contributed by atoms with Gasteiger partial charge >= 0.3 is 12.0 Å². The molecule has 1 aromatic carbocycles. The summed E-state index contributed by atoms with van der Waals surface area (Å²) in [6.07, 6.45) is -0.693. The first kappa shape index (κ1) is 15.0. The zero-order valence-electron chi connectivity index (χ0n) is 11.0. The Morgan fingerprint density at radius 3 is 2.68 bits per heavy atom. The number of benzene rings is 1. The van der Waals surface area contributed by atoms with Gasteiger partial charge in [0.15, 0.2) is 0 Å². The van der Waals surface area contributed by atoms with Crippen molar-refractivity contribution in [2.45, 2.75) is 19.4 Å². The van der Waals surface area contributed by atoms with Crippen molar-refractivity contribution in [3.63, 3.8) is 0 Å². The molecule has 0 radical (unpaired) electrons. The van der Waals surface area contributed by atoms with Crippen LogP contribution in [0.2, 0.25) is 0 Å². The fourth-order valence-corrected chi connectivity index (χ4v) is 1.63. The lowest BCUT2D eigenvalue weighted by Gasteiger charge is -2.19. The average Bonchev–Trinajstić information content (AvgIpc) is 2.27. The van der Waals surface area contributed by atoms with Crippen molar-refractivity contribution in [2.24, 2.45) is 0 Å². The number of urea groups is 1. The average molecular weight is 266 g/mol. The van der Waals surface area contributed by atoms with Crippen LogP contribution in [0.4, 0.5) is 10.5 Å². The van der Waals surface area contributed by atoms with Crippen LogP contribution in [0, 0.1) is 0 Å². The normalized spacial score (nSPS) is 11.7. The monoisotopic (exact) mass is 266 g/mol. The summed E-state index contributed by atoms with van der Waals surface area (Å²) in [6, 6.07) is 6.31. The van der Waals surface area contributed by atoms with Crippen LogP contribution in [0.25, 0.3) is 0 Å². The minimum atomic E-state index is -0.922. The molecule has 2 amide bonds. The van der Waals surface area contributed by atoms with Crippen molar-refractivity contribution >= 4 is 17.7 Å². The van der Waals surface area contributed by atoms with E-state index in [2.05, 4.69) is 5.32 Å². The Balaban J connectivity index is 2.66. The molecular weight excluding hydrogens is 248 g/mol. The number of amides is 2. The molecule has 0 bridgehead atoms. The molecule has 1 atom stereocenters. The van der Waals surface area contributed by atoms with E-state index in [4.69, 9.17) is 5.11 Å². The van der Waals surface area contributed by atoms with E-state index in [1.807, 2.05) is 0 Å². The number of nitrogens with zero attached hydrogens (tertiary/aromatic N) is 1. The number of nitrogens with one attached hydrogen (secondary N) is 1. The maximum absolute atomic E-state index is 11.8. The number of rotatable bonds is 5. The van der Waals surface area contributed by atoms with Crippen LogP contribution in [0.3, 0.4) is 0 Å². The molecule has 0 aliphatic carbocycles. The van der Waals surface area contributed by atoms with Gasteiger partial charge in [-0.2, -0.15) is 0 Å². The fourth-order valence-electron chi connectivity index (χ4n) is 1.63. The van der Waals surface area contributed by atoms with E-state index in [9.17, 15) is 14.7 Å². The van der Waals surface area contributed by atoms with Gasteiger partial charge in [0.2, 0.25) is 0 Å². The highest BCUT2D eigenvalue weighted by Gasteiger charge is 2.11. The third-order valence-corrected chi connectivity index (χ3v) is 2.42. The smallest absolute Gasteiger partial charge is 0.321 e. The van der Waals surface area contributed by atoms with Crippen molar-refractivity contribution in [2.75, 3.05) is 18.9 Å². The number of aliphatic hydroxyl groups excluding tert-OH is 1. The molecule has 3 N–H and O–H groups in total. The molecule has 0 aliphatic rings. The van der Waals surface area contributed by atoms with Gasteiger partial charge < -0.3 is 20.4 Å². The Kier molecular flexibility index (Phi) is 5.32. The van der Waals surface area contributed by atoms with Crippen LogP contribution in [0.15, 0.2) is 24.3 Å². The lowest BCUT2D eigenvalue weighted by molar-refractivity contribution is -0.136. The summed E-state index contributed by atoms with van der Waals surface area (Å²) in [5.74, 6) is -0.922. The Bertz CT molecular complexity index is 460. The van der Waals surface area contributed by atoms with Crippen molar-refractivity contribution in [3.05, 3.63) is 29.8 Å². The molecule has 6 heteroatoms. The zero-order chi connectivity index (χ0) is 14.4. The number of carboxylic acid groups (broad SMARTS) is 1. The summed E-state index contributed by atoms with van der Waals surface area (Å²) in [6.45, 7) is 1.82. The highest BCUT2D eigenvalue weighted by Crippen LogP contribution is 2.12. The van der Waals surface area contributed by atoms with Gasteiger partial charge in [0.05, 0.1) is 12.5 Å². The van der Waals surface area contributed by atoms with Crippen LogP contribution in [0.5, 0.6) is 0 Å². The number of carbonyl (C=O) groups excluding carboxylic acids is 1. The molecule has 0 aromatic heterocycles. The van der Waals surface area contributed by atoms with Gasteiger partial charge in [0, 0.05) is 19.3 Å². The lowest BCUT2D eigenvalue weighted by Crippen LogP contribution is -2.36. The first-order valence-electron chi connectivity index (χ1n) is 5.89. The molecule has 19 heavy (non-hydrogen) atoms. The quantitative estimate of drug-likeness (QED) is 0.746. The second-order valence-corrected chi connectivity index (χ2v) is 4.43. The minimum absolute atomic E-state index is 0.0901. The number of carboxylic acids is 1. The Hall–Kier alpha value is -2.08. The van der Waals surface area contributed by atoms with Crippen molar-refractivity contribution in [3.8, 4) is 0 Å². The summed E-state index contributed by atoms with van der Waals surface area (Å²) >= 11 is 0. The van der Waals surface area contributed by atoms with E-state index in [0.29, 0.717) is 11.3 Å². The van der Waals surface area contributed by atoms with E-state index >= 15 is 0 Å². The first-order chi connectivity index (χ1) is 8.88. The molecule has 0 saturated carbocycles. The number of aliphatic carboxylic acids is 1. The molecule has 0 aliphatic heterocycles. The predicted molar refractivity (Wildman–Crippen MR) is 71.1 cm³/mol. The summed E-state index contributed by atoms with van der Waals surface area (Å²) in [4.78, 5) is 23.7. The van der Waals surface area contributed by atoms with E-state index in [1.54, 1.807) is 38.2 Å². The van der Waals surface area contributed by atoms with Crippen LogP contribution in [-0.4, -0.2) is 46.8 Å². The molecule has 0 fully saturated rings. The fraction of sp³-hybridized carbons (Fsp3) is 0.385. The first-order valence-corrected chi connectivity index (χ1v) is 5.89. The van der Waals surface area contributed by atoms with E-state index < -0.39 is 12.1 Å². The van der Waals surface area contributed by atoms with Gasteiger partial charge in [-0.3, -0.25) is 4.79 Å². The SMILES string of the molecule is CC(O)CN(C)C(=O)Nc1cccc(CC(=O)O)c1. The van der Waals surface area contributed by atoms with Gasteiger partial charge in [-0.05, 0) is 24.6 Å². The number of aliphatic hydroxyl groups is 1. The standard InChI is InChI=1S/C13H18N2O4/c1-9(16)8-15(2)13(19)14-11-5-3-4-10(6-11)7-12(17)18/h3-6,9,16H,7-8H2,1-2H3,(H,14,19)(H,17,18). The van der Waals surface area contributed by atoms with E-state index in [1.165, 1.54) is 4.90 Å². The molecule has 6 nitrogen and oxygen atoms in total. The summed E-state index contributed by atoms with van der Waals surface area (Å²) in [5.41, 5.74) is 1.14. The molecule has 1 rings (SSSR count). The minimum Gasteiger partial charge on any atom is -0.481 e. The Morgan fingerprint density at radius 1 is 1.42 bits per heavy atom. The van der Waals surface area contributed by atoms with Crippen LogP contribution in [0.1, 0.15) is 12.5 Å². The highest BCUT2D eigenvalue weighted by molar-refractivity contribution is 5.89. The van der Waals surface area contributed by atoms with Gasteiger partial charge in [-0.25, -0.2) is 4.79 Å². The molecule has 0 heterocycles. The van der Waals surface area contributed by atoms with Crippen molar-refractivity contribution < 1.29 is 19.8 Å². The van der Waals surface area contributed by atoms with E-state index in [-0.39, 0.29) is 19.0 Å². The van der Waals surface area contributed by atoms with Crippen LogP contribution in [-0.2, 0) is 11.2 Å². The van der Waals surface area contributed by atoms with Crippen LogP contribution >= 0.6 is 0 Å². The number of anilines is 1.